The summed E-state index contributed by atoms with van der Waals surface area (Å²) in [6.45, 7) is 7.91. The number of nitrogens with zero attached hydrogens (tertiary/aromatic N) is 2. The first-order valence-electron chi connectivity index (χ1n) is 12.2. The molecule has 1 saturated heterocycles. The van der Waals surface area contributed by atoms with E-state index in [9.17, 15) is 4.79 Å². The number of rotatable bonds is 5. The number of ether oxygens (including phenoxy) is 1. The highest BCUT2D eigenvalue weighted by atomic mass is 16.5. The highest BCUT2D eigenvalue weighted by molar-refractivity contribution is 5.92. The zero-order valence-corrected chi connectivity index (χ0v) is 20.1. The molecule has 6 heteroatoms. The number of carbonyl (C=O) groups excluding carboxylic acids is 1. The molecule has 0 radical (unpaired) electrons. The molecule has 1 unspecified atom stereocenters. The SMILES string of the molecule is Cc1cnc(C(=O)NC2CC3(CCNCC3)c3c(-c4ccc(OC(C)C)cc4)cccc32)cn1. The van der Waals surface area contributed by atoms with Crippen LogP contribution in [-0.4, -0.2) is 35.1 Å². The van der Waals surface area contributed by atoms with Crippen molar-refractivity contribution in [3.05, 3.63) is 77.4 Å². The molecule has 1 fully saturated rings. The number of piperidine rings is 1. The van der Waals surface area contributed by atoms with E-state index in [0.717, 1.165) is 43.8 Å². The number of aromatic nitrogens is 2. The fraction of sp³-hybridized carbons (Fsp3) is 0.393. The molecule has 2 N–H and O–H groups in total. The minimum atomic E-state index is -0.171. The maximum absolute atomic E-state index is 13.0. The van der Waals surface area contributed by atoms with E-state index in [4.69, 9.17) is 4.74 Å². The van der Waals surface area contributed by atoms with Gasteiger partial charge in [0, 0.05) is 11.6 Å². The monoisotopic (exact) mass is 456 g/mol. The Morgan fingerprint density at radius 2 is 1.85 bits per heavy atom. The molecule has 176 valence electrons. The van der Waals surface area contributed by atoms with Crippen LogP contribution in [-0.2, 0) is 5.41 Å². The normalized spacial score (nSPS) is 18.6. The van der Waals surface area contributed by atoms with E-state index in [1.165, 1.54) is 22.3 Å². The number of carbonyl (C=O) groups is 1. The van der Waals surface area contributed by atoms with Gasteiger partial charge in [-0.15, -0.1) is 0 Å². The van der Waals surface area contributed by atoms with Crippen molar-refractivity contribution in [3.63, 3.8) is 0 Å². The van der Waals surface area contributed by atoms with Gasteiger partial charge in [-0.1, -0.05) is 30.3 Å². The van der Waals surface area contributed by atoms with Crippen molar-refractivity contribution >= 4 is 5.91 Å². The molecule has 2 aromatic carbocycles. The highest BCUT2D eigenvalue weighted by Gasteiger charge is 2.46. The van der Waals surface area contributed by atoms with Crippen LogP contribution in [0.5, 0.6) is 5.75 Å². The van der Waals surface area contributed by atoms with Gasteiger partial charge in [-0.3, -0.25) is 9.78 Å². The van der Waals surface area contributed by atoms with Gasteiger partial charge in [0.05, 0.1) is 24.0 Å². The third-order valence-corrected chi connectivity index (χ3v) is 7.01. The summed E-state index contributed by atoms with van der Waals surface area (Å²) < 4.78 is 5.85. The number of amides is 1. The average molecular weight is 457 g/mol. The number of hydrogen-bond acceptors (Lipinski definition) is 5. The molecule has 1 aromatic heterocycles. The van der Waals surface area contributed by atoms with Gasteiger partial charge in [-0.2, -0.15) is 0 Å². The van der Waals surface area contributed by atoms with E-state index < -0.39 is 0 Å². The number of aryl methyl sites for hydroxylation is 1. The van der Waals surface area contributed by atoms with Crippen molar-refractivity contribution in [1.82, 2.24) is 20.6 Å². The Labute approximate surface area is 201 Å². The van der Waals surface area contributed by atoms with Crippen LogP contribution in [0.1, 0.15) is 66.5 Å². The quantitative estimate of drug-likeness (QED) is 0.580. The molecule has 1 aliphatic heterocycles. The van der Waals surface area contributed by atoms with Gasteiger partial charge >= 0.3 is 0 Å². The Morgan fingerprint density at radius 3 is 2.53 bits per heavy atom. The molecule has 6 nitrogen and oxygen atoms in total. The van der Waals surface area contributed by atoms with Crippen LogP contribution >= 0.6 is 0 Å². The van der Waals surface area contributed by atoms with E-state index in [1.807, 2.05) is 32.9 Å². The Morgan fingerprint density at radius 1 is 1.09 bits per heavy atom. The molecule has 5 rings (SSSR count). The highest BCUT2D eigenvalue weighted by Crippen LogP contribution is 2.53. The number of fused-ring (bicyclic) bond motifs is 2. The second kappa shape index (κ2) is 9.18. The van der Waals surface area contributed by atoms with Crippen molar-refractivity contribution < 1.29 is 9.53 Å². The lowest BCUT2D eigenvalue weighted by molar-refractivity contribution is 0.0926. The molecule has 3 aromatic rings. The molecule has 1 amide bonds. The maximum atomic E-state index is 13.0. The van der Waals surface area contributed by atoms with Gasteiger partial charge in [0.15, 0.2) is 0 Å². The lowest BCUT2D eigenvalue weighted by atomic mass is 9.72. The molecular formula is C28H32N4O2. The average Bonchev–Trinajstić information content (AvgIpc) is 3.12. The van der Waals surface area contributed by atoms with Crippen LogP contribution in [0.3, 0.4) is 0 Å². The van der Waals surface area contributed by atoms with Crippen molar-refractivity contribution in [1.29, 1.82) is 0 Å². The fourth-order valence-electron chi connectivity index (χ4n) is 5.51. The zero-order chi connectivity index (χ0) is 23.7. The van der Waals surface area contributed by atoms with Crippen LogP contribution in [0.2, 0.25) is 0 Å². The molecule has 0 saturated carbocycles. The Kier molecular flexibility index (Phi) is 6.09. The van der Waals surface area contributed by atoms with Crippen LogP contribution in [0.4, 0.5) is 0 Å². The van der Waals surface area contributed by atoms with Gasteiger partial charge in [0.25, 0.3) is 5.91 Å². The summed E-state index contributed by atoms with van der Waals surface area (Å²) in [6.07, 6.45) is 6.35. The first kappa shape index (κ1) is 22.5. The zero-order valence-electron chi connectivity index (χ0n) is 20.1. The third-order valence-electron chi connectivity index (χ3n) is 7.01. The molecule has 1 spiro atoms. The summed E-state index contributed by atoms with van der Waals surface area (Å²) in [7, 11) is 0. The topological polar surface area (TPSA) is 76.1 Å². The minimum absolute atomic E-state index is 0.0428. The fourth-order valence-corrected chi connectivity index (χ4v) is 5.51. The van der Waals surface area contributed by atoms with E-state index >= 15 is 0 Å². The van der Waals surface area contributed by atoms with Crippen molar-refractivity contribution in [2.75, 3.05) is 13.1 Å². The van der Waals surface area contributed by atoms with E-state index in [1.54, 1.807) is 12.4 Å². The lowest BCUT2D eigenvalue weighted by Crippen LogP contribution is -2.39. The number of hydrogen-bond donors (Lipinski definition) is 2. The van der Waals surface area contributed by atoms with Crippen LogP contribution < -0.4 is 15.4 Å². The smallest absolute Gasteiger partial charge is 0.271 e. The minimum Gasteiger partial charge on any atom is -0.491 e. The molecule has 2 aliphatic rings. The van der Waals surface area contributed by atoms with Gasteiger partial charge in [-0.25, -0.2) is 4.98 Å². The first-order chi connectivity index (χ1) is 16.4. The predicted molar refractivity (Wildman–Crippen MR) is 133 cm³/mol. The van der Waals surface area contributed by atoms with Gasteiger partial charge in [0.1, 0.15) is 11.4 Å². The van der Waals surface area contributed by atoms with Crippen LogP contribution in [0, 0.1) is 6.92 Å². The van der Waals surface area contributed by atoms with Crippen molar-refractivity contribution in [2.45, 2.75) is 57.6 Å². The molecule has 1 aliphatic carbocycles. The summed E-state index contributed by atoms with van der Waals surface area (Å²) >= 11 is 0. The Hall–Kier alpha value is -3.25. The van der Waals surface area contributed by atoms with E-state index in [0.29, 0.717) is 5.69 Å². The van der Waals surface area contributed by atoms with Gasteiger partial charge in [-0.05, 0) is 87.5 Å². The standard InChI is InChI=1S/C28H32N4O2/c1-18(2)34-21-9-7-20(8-10-21)22-5-4-6-23-24(15-28(26(22)23)11-13-29-14-12-28)32-27(33)25-17-30-19(3)16-31-25/h4-10,16-18,24,29H,11-15H2,1-3H3,(H,32,33). The van der Waals surface area contributed by atoms with Gasteiger partial charge in [0.2, 0.25) is 0 Å². The molecule has 2 heterocycles. The second-order valence-electron chi connectivity index (χ2n) is 9.76. The Balaban J connectivity index is 1.51. The van der Waals surface area contributed by atoms with Crippen LogP contribution in [0.15, 0.2) is 54.9 Å². The summed E-state index contributed by atoms with van der Waals surface area (Å²) in [6, 6.07) is 14.9. The summed E-state index contributed by atoms with van der Waals surface area (Å²) in [5, 5.41) is 6.79. The van der Waals surface area contributed by atoms with Gasteiger partial charge < -0.3 is 15.4 Å². The van der Waals surface area contributed by atoms with Crippen molar-refractivity contribution in [2.24, 2.45) is 0 Å². The summed E-state index contributed by atoms with van der Waals surface area (Å²) in [4.78, 5) is 21.6. The maximum Gasteiger partial charge on any atom is 0.271 e. The largest absolute Gasteiger partial charge is 0.491 e. The molecule has 0 bridgehead atoms. The molecule has 34 heavy (non-hydrogen) atoms. The van der Waals surface area contributed by atoms with Crippen LogP contribution in [0.25, 0.3) is 11.1 Å². The van der Waals surface area contributed by atoms with E-state index in [2.05, 4.69) is 50.9 Å². The van der Waals surface area contributed by atoms with E-state index in [-0.39, 0.29) is 23.5 Å². The number of nitrogens with one attached hydrogen (secondary N) is 2. The van der Waals surface area contributed by atoms with Crippen molar-refractivity contribution in [3.8, 4) is 16.9 Å². The number of benzene rings is 2. The summed E-state index contributed by atoms with van der Waals surface area (Å²) in [5.41, 5.74) is 6.23. The predicted octanol–water partition coefficient (Wildman–Crippen LogP) is 4.74. The Bertz CT molecular complexity index is 1170. The third kappa shape index (κ3) is 4.30. The second-order valence-corrected chi connectivity index (χ2v) is 9.76. The lowest BCUT2D eigenvalue weighted by Gasteiger charge is -2.36. The summed E-state index contributed by atoms with van der Waals surface area (Å²) in [5.74, 6) is 0.710. The molecule has 1 atom stereocenters. The molecular weight excluding hydrogens is 424 g/mol. The first-order valence-corrected chi connectivity index (χ1v) is 12.2.